The minimum atomic E-state index is -0.351. The van der Waals surface area contributed by atoms with Crippen LogP contribution in [0.1, 0.15) is 16.1 Å². The molecule has 0 spiro atoms. The van der Waals surface area contributed by atoms with Gasteiger partial charge in [0.15, 0.2) is 23.4 Å². The fourth-order valence-corrected chi connectivity index (χ4v) is 4.04. The van der Waals surface area contributed by atoms with Gasteiger partial charge in [0.05, 0.1) is 18.4 Å². The number of oxazole rings is 2. The second-order valence-corrected chi connectivity index (χ2v) is 8.19. The molecule has 32 heavy (non-hydrogen) atoms. The first kappa shape index (κ1) is 20.1. The van der Waals surface area contributed by atoms with Gasteiger partial charge >= 0.3 is 0 Å². The molecule has 0 atom stereocenters. The van der Waals surface area contributed by atoms with Crippen LogP contribution in [0.15, 0.2) is 81.4 Å². The number of hydrogen-bond acceptors (Lipinski definition) is 7. The van der Waals surface area contributed by atoms with E-state index in [1.54, 1.807) is 17.1 Å². The van der Waals surface area contributed by atoms with Crippen molar-refractivity contribution in [2.24, 2.45) is 0 Å². The predicted octanol–water partition coefficient (Wildman–Crippen LogP) is 5.03. The van der Waals surface area contributed by atoms with Crippen LogP contribution >= 0.6 is 11.8 Å². The second kappa shape index (κ2) is 8.72. The highest BCUT2D eigenvalue weighted by molar-refractivity contribution is 7.99. The van der Waals surface area contributed by atoms with Gasteiger partial charge in [0.1, 0.15) is 5.52 Å². The van der Waals surface area contributed by atoms with Crippen LogP contribution in [0.5, 0.6) is 0 Å². The van der Waals surface area contributed by atoms with Crippen LogP contribution < -0.4 is 5.32 Å². The first-order valence-corrected chi connectivity index (χ1v) is 11.0. The van der Waals surface area contributed by atoms with Gasteiger partial charge in [0.25, 0.3) is 11.1 Å². The third-order valence-corrected chi connectivity index (χ3v) is 5.58. The lowest BCUT2D eigenvalue weighted by Gasteiger charge is -2.03. The van der Waals surface area contributed by atoms with Crippen LogP contribution in [-0.2, 0) is 6.54 Å². The molecule has 3 heterocycles. The van der Waals surface area contributed by atoms with Crippen LogP contribution in [-0.4, -0.2) is 31.4 Å². The van der Waals surface area contributed by atoms with Crippen LogP contribution in [0.25, 0.3) is 22.4 Å². The lowest BCUT2D eigenvalue weighted by molar-refractivity contribution is 0.102. The summed E-state index contributed by atoms with van der Waals surface area (Å²) >= 11 is 1.51. The smallest absolute Gasteiger partial charge is 0.278 e. The normalized spacial score (nSPS) is 11.2. The topological polar surface area (TPSA) is 99.0 Å². The number of fused-ring (bicyclic) bond motifs is 1. The lowest BCUT2D eigenvalue weighted by atomic mass is 10.1. The SMILES string of the molecule is Cc1cccc(-c2ocnc2C(=O)Nc2cnn(CCSc3nc4ccccc4o3)c2)c1. The molecule has 0 radical (unpaired) electrons. The zero-order chi connectivity index (χ0) is 21.9. The summed E-state index contributed by atoms with van der Waals surface area (Å²) in [7, 11) is 0. The summed E-state index contributed by atoms with van der Waals surface area (Å²) in [5, 5.41) is 7.77. The first-order chi connectivity index (χ1) is 15.7. The maximum Gasteiger partial charge on any atom is 0.278 e. The van der Waals surface area contributed by atoms with Crippen LogP contribution in [0.2, 0.25) is 0 Å². The van der Waals surface area contributed by atoms with Crippen molar-refractivity contribution in [3.8, 4) is 11.3 Å². The van der Waals surface area contributed by atoms with E-state index in [2.05, 4.69) is 20.4 Å². The zero-order valence-electron chi connectivity index (χ0n) is 17.2. The number of aromatic nitrogens is 4. The maximum atomic E-state index is 12.8. The average molecular weight is 446 g/mol. The van der Waals surface area contributed by atoms with Gasteiger partial charge in [0.2, 0.25) is 0 Å². The lowest BCUT2D eigenvalue weighted by Crippen LogP contribution is -2.13. The van der Waals surface area contributed by atoms with Crippen molar-refractivity contribution in [3.63, 3.8) is 0 Å². The molecule has 1 amide bonds. The Bertz CT molecular complexity index is 1350. The molecule has 0 aliphatic heterocycles. The number of anilines is 1. The van der Waals surface area contributed by atoms with E-state index in [1.807, 2.05) is 55.5 Å². The molecule has 0 unspecified atom stereocenters. The van der Waals surface area contributed by atoms with Crippen LogP contribution in [0, 0.1) is 6.92 Å². The van der Waals surface area contributed by atoms with Gasteiger partial charge in [-0.2, -0.15) is 5.10 Å². The van der Waals surface area contributed by atoms with Gasteiger partial charge in [-0.25, -0.2) is 9.97 Å². The molecule has 0 bridgehead atoms. The molecular weight excluding hydrogens is 426 g/mol. The molecule has 0 aliphatic carbocycles. The Hall–Kier alpha value is -3.85. The van der Waals surface area contributed by atoms with Gasteiger partial charge in [-0.15, -0.1) is 0 Å². The average Bonchev–Trinajstić information content (AvgIpc) is 3.53. The van der Waals surface area contributed by atoms with E-state index in [-0.39, 0.29) is 11.6 Å². The van der Waals surface area contributed by atoms with Crippen molar-refractivity contribution in [1.82, 2.24) is 19.7 Å². The summed E-state index contributed by atoms with van der Waals surface area (Å²) in [5.74, 6) is 0.812. The molecule has 160 valence electrons. The Kier molecular flexibility index (Phi) is 5.47. The summed E-state index contributed by atoms with van der Waals surface area (Å²) < 4.78 is 12.9. The molecule has 0 fully saturated rings. The summed E-state index contributed by atoms with van der Waals surface area (Å²) in [6, 6.07) is 15.4. The van der Waals surface area contributed by atoms with E-state index >= 15 is 0 Å². The van der Waals surface area contributed by atoms with Crippen LogP contribution in [0.3, 0.4) is 0 Å². The van der Waals surface area contributed by atoms with Crippen LogP contribution in [0.4, 0.5) is 5.69 Å². The van der Waals surface area contributed by atoms with E-state index in [0.29, 0.717) is 23.2 Å². The number of nitrogens with zero attached hydrogens (tertiary/aromatic N) is 4. The highest BCUT2D eigenvalue weighted by atomic mass is 32.2. The van der Waals surface area contributed by atoms with Gasteiger partial charge in [-0.3, -0.25) is 9.48 Å². The summed E-state index contributed by atoms with van der Waals surface area (Å²) in [6.07, 6.45) is 4.66. The van der Waals surface area contributed by atoms with Crippen molar-refractivity contribution < 1.29 is 13.6 Å². The van der Waals surface area contributed by atoms with E-state index in [0.717, 1.165) is 28.0 Å². The van der Waals surface area contributed by atoms with Gasteiger partial charge < -0.3 is 14.2 Å². The largest absolute Gasteiger partial charge is 0.443 e. The Morgan fingerprint density at radius 3 is 2.97 bits per heavy atom. The summed E-state index contributed by atoms with van der Waals surface area (Å²) in [5.41, 5.74) is 4.31. The highest BCUT2D eigenvalue weighted by Crippen LogP contribution is 2.25. The van der Waals surface area contributed by atoms with Gasteiger partial charge in [0, 0.05) is 17.5 Å². The second-order valence-electron chi connectivity index (χ2n) is 7.14. The molecule has 0 aliphatic rings. The van der Waals surface area contributed by atoms with E-state index in [1.165, 1.54) is 18.2 Å². The number of carbonyl (C=O) groups is 1. The predicted molar refractivity (Wildman–Crippen MR) is 122 cm³/mol. The van der Waals surface area contributed by atoms with Crippen molar-refractivity contribution in [3.05, 3.63) is 78.6 Å². The van der Waals surface area contributed by atoms with E-state index in [4.69, 9.17) is 8.83 Å². The first-order valence-electron chi connectivity index (χ1n) is 9.98. The fourth-order valence-electron chi connectivity index (χ4n) is 3.28. The standard InChI is InChI=1S/C23H19N5O3S/c1-15-5-4-6-16(11-15)21-20(24-14-30-21)22(29)26-17-12-25-28(13-17)9-10-32-23-27-18-7-2-3-8-19(18)31-23/h2-8,11-14H,9-10H2,1H3,(H,26,29). The Morgan fingerprint density at radius 2 is 2.09 bits per heavy atom. The minimum Gasteiger partial charge on any atom is -0.443 e. The maximum absolute atomic E-state index is 12.8. The number of nitrogens with one attached hydrogen (secondary N) is 1. The van der Waals surface area contributed by atoms with Crippen molar-refractivity contribution in [2.45, 2.75) is 18.7 Å². The monoisotopic (exact) mass is 445 g/mol. The molecule has 5 aromatic rings. The van der Waals surface area contributed by atoms with Gasteiger partial charge in [-0.1, -0.05) is 47.7 Å². The number of thioether (sulfide) groups is 1. The Balaban J connectivity index is 1.20. The molecule has 0 saturated heterocycles. The molecule has 2 aromatic carbocycles. The number of hydrogen-bond donors (Lipinski definition) is 1. The summed E-state index contributed by atoms with van der Waals surface area (Å²) in [6.45, 7) is 2.62. The van der Waals surface area contributed by atoms with Crippen molar-refractivity contribution in [2.75, 3.05) is 11.1 Å². The number of aryl methyl sites for hydroxylation is 2. The molecule has 0 saturated carbocycles. The number of rotatable bonds is 7. The molecule has 9 heteroatoms. The summed E-state index contributed by atoms with van der Waals surface area (Å²) in [4.78, 5) is 21.3. The number of amides is 1. The number of benzene rings is 2. The molecule has 8 nitrogen and oxygen atoms in total. The number of para-hydroxylation sites is 2. The molecule has 3 aromatic heterocycles. The zero-order valence-corrected chi connectivity index (χ0v) is 18.0. The Labute approximate surface area is 187 Å². The van der Waals surface area contributed by atoms with Crippen molar-refractivity contribution in [1.29, 1.82) is 0 Å². The van der Waals surface area contributed by atoms with Gasteiger partial charge in [-0.05, 0) is 25.1 Å². The number of carbonyl (C=O) groups excluding carboxylic acids is 1. The third kappa shape index (κ3) is 4.28. The highest BCUT2D eigenvalue weighted by Gasteiger charge is 2.19. The molecule has 1 N–H and O–H groups in total. The Morgan fingerprint density at radius 1 is 1.19 bits per heavy atom. The quantitative estimate of drug-likeness (QED) is 0.351. The minimum absolute atomic E-state index is 0.231. The molecule has 5 rings (SSSR count). The fraction of sp³-hybridized carbons (Fsp3) is 0.130. The van der Waals surface area contributed by atoms with E-state index in [9.17, 15) is 4.79 Å². The third-order valence-electron chi connectivity index (χ3n) is 4.77. The van der Waals surface area contributed by atoms with E-state index < -0.39 is 0 Å². The van der Waals surface area contributed by atoms with Crippen molar-refractivity contribution >= 4 is 34.5 Å². The molecular formula is C23H19N5O3S.